The van der Waals surface area contributed by atoms with Gasteiger partial charge in [0.15, 0.2) is 17.4 Å². The number of amides is 1. The number of hydrogen-bond donors (Lipinski definition) is 3. The van der Waals surface area contributed by atoms with Gasteiger partial charge in [0.25, 0.3) is 5.91 Å². The quantitative estimate of drug-likeness (QED) is 0.421. The second-order valence-corrected chi connectivity index (χ2v) is 11.4. The standard InChI is InChI=1S/C23H32BN5O5S/c1-12(2)13-10-16(34-11-13)19(23(3,4)5)26-21-20(27-35(32,33)28-21)25-15-9-8-14(24)17(18(15)30)22(31)29(6)7/h8-12,19,30H,24H2,1-7H3,(H,25,27)(H,26,28)/t19-/m0/s1. The number of rotatable bonds is 5. The molecule has 0 radical (unpaired) electrons. The van der Waals surface area contributed by atoms with Gasteiger partial charge in [0.1, 0.15) is 13.6 Å². The van der Waals surface area contributed by atoms with Gasteiger partial charge in [-0.1, -0.05) is 46.1 Å². The Morgan fingerprint density at radius 3 is 2.34 bits per heavy atom. The first-order valence-corrected chi connectivity index (χ1v) is 12.6. The van der Waals surface area contributed by atoms with E-state index in [2.05, 4.69) is 33.3 Å². The van der Waals surface area contributed by atoms with Gasteiger partial charge >= 0.3 is 10.2 Å². The zero-order chi connectivity index (χ0) is 26.3. The zero-order valence-corrected chi connectivity index (χ0v) is 22.1. The highest BCUT2D eigenvalue weighted by Gasteiger charge is 2.35. The van der Waals surface area contributed by atoms with Crippen molar-refractivity contribution in [2.24, 2.45) is 14.2 Å². The van der Waals surface area contributed by atoms with Crippen LogP contribution in [0.1, 0.15) is 68.3 Å². The van der Waals surface area contributed by atoms with E-state index in [1.165, 1.54) is 4.90 Å². The number of hydrogen-bond acceptors (Lipinski definition) is 7. The van der Waals surface area contributed by atoms with Gasteiger partial charge in [-0.05, 0) is 29.0 Å². The summed E-state index contributed by atoms with van der Waals surface area (Å²) in [6.07, 6.45) is 1.69. The van der Waals surface area contributed by atoms with Gasteiger partial charge in [-0.3, -0.25) is 4.79 Å². The van der Waals surface area contributed by atoms with Crippen molar-refractivity contribution in [2.75, 3.05) is 19.4 Å². The number of phenolic OH excluding ortho intramolecular Hbond substituents is 1. The summed E-state index contributed by atoms with van der Waals surface area (Å²) in [5.74, 6) is 0.0766. The molecule has 0 spiro atoms. The van der Waals surface area contributed by atoms with E-state index < -0.39 is 16.3 Å². The maximum atomic E-state index is 12.6. The lowest BCUT2D eigenvalue weighted by Crippen LogP contribution is -2.41. The van der Waals surface area contributed by atoms with E-state index in [-0.39, 0.29) is 45.9 Å². The van der Waals surface area contributed by atoms with Crippen molar-refractivity contribution in [1.82, 2.24) is 10.2 Å². The van der Waals surface area contributed by atoms with Crippen LogP contribution in [0.2, 0.25) is 0 Å². The van der Waals surface area contributed by atoms with E-state index in [0.29, 0.717) is 11.2 Å². The average Bonchev–Trinajstić information content (AvgIpc) is 3.31. The summed E-state index contributed by atoms with van der Waals surface area (Å²) < 4.78 is 37.9. The van der Waals surface area contributed by atoms with Gasteiger partial charge in [0.2, 0.25) is 0 Å². The van der Waals surface area contributed by atoms with Crippen LogP contribution in [-0.4, -0.2) is 57.9 Å². The number of aromatic hydroxyl groups is 1. The third-order valence-electron chi connectivity index (χ3n) is 5.64. The number of carbonyl (C=O) groups is 1. The summed E-state index contributed by atoms with van der Waals surface area (Å²) in [7, 11) is 0.718. The summed E-state index contributed by atoms with van der Waals surface area (Å²) in [6.45, 7) is 10.1. The fourth-order valence-electron chi connectivity index (χ4n) is 3.60. The molecule has 1 amide bonds. The number of carbonyl (C=O) groups excluding carboxylic acids is 1. The average molecular weight is 501 g/mol. The minimum Gasteiger partial charge on any atom is -0.505 e. The SMILES string of the molecule is Bc1ccc(NC2=NS(=O)(=O)N=C2N[C@@H](c2cc(C(C)C)co2)C(C)(C)C)c(O)c1C(=O)N(C)C. The van der Waals surface area contributed by atoms with Crippen LogP contribution in [0.5, 0.6) is 5.75 Å². The highest BCUT2D eigenvalue weighted by Crippen LogP contribution is 2.35. The van der Waals surface area contributed by atoms with E-state index in [9.17, 15) is 18.3 Å². The fourth-order valence-corrected chi connectivity index (χ4v) is 4.38. The van der Waals surface area contributed by atoms with Crippen LogP contribution in [-0.2, 0) is 10.2 Å². The molecule has 2 heterocycles. The van der Waals surface area contributed by atoms with Gasteiger partial charge in [-0.25, -0.2) is 0 Å². The number of nitrogens with zero attached hydrogens (tertiary/aromatic N) is 3. The third kappa shape index (κ3) is 5.69. The van der Waals surface area contributed by atoms with Gasteiger partial charge in [0, 0.05) is 14.1 Å². The molecule has 1 aliphatic rings. The van der Waals surface area contributed by atoms with Crippen molar-refractivity contribution in [3.8, 4) is 5.75 Å². The molecular weight excluding hydrogens is 469 g/mol. The maximum Gasteiger partial charge on any atom is 0.367 e. The lowest BCUT2D eigenvalue weighted by atomic mass is 9.84. The number of furan rings is 1. The second kappa shape index (κ2) is 9.41. The molecule has 10 nitrogen and oxygen atoms in total. The van der Waals surface area contributed by atoms with Crippen molar-refractivity contribution < 1.29 is 22.7 Å². The molecule has 0 aliphatic carbocycles. The van der Waals surface area contributed by atoms with Gasteiger partial charge < -0.3 is 25.1 Å². The fraction of sp³-hybridized carbons (Fsp3) is 0.435. The Hall–Kier alpha value is -3.28. The summed E-state index contributed by atoms with van der Waals surface area (Å²) >= 11 is 0. The monoisotopic (exact) mass is 501 g/mol. The van der Waals surface area contributed by atoms with Gasteiger partial charge in [-0.15, -0.1) is 8.80 Å². The molecule has 1 atom stereocenters. The molecule has 1 aromatic heterocycles. The molecular formula is C23H32BN5O5S. The lowest BCUT2D eigenvalue weighted by molar-refractivity contribution is 0.0826. The van der Waals surface area contributed by atoms with E-state index in [0.717, 1.165) is 5.56 Å². The number of amidine groups is 2. The molecule has 2 aromatic rings. The minimum absolute atomic E-state index is 0.0205. The maximum absolute atomic E-state index is 12.6. The number of nitrogens with one attached hydrogen (secondary N) is 2. The molecule has 1 aliphatic heterocycles. The van der Waals surface area contributed by atoms with Gasteiger partial charge in [-0.2, -0.15) is 8.42 Å². The highest BCUT2D eigenvalue weighted by atomic mass is 32.2. The van der Waals surface area contributed by atoms with Crippen LogP contribution < -0.4 is 16.1 Å². The summed E-state index contributed by atoms with van der Waals surface area (Å²) in [6, 6.07) is 4.70. The van der Waals surface area contributed by atoms with Crippen molar-refractivity contribution in [3.05, 3.63) is 41.3 Å². The Kier molecular flexibility index (Phi) is 7.08. The van der Waals surface area contributed by atoms with Crippen molar-refractivity contribution in [1.29, 1.82) is 0 Å². The van der Waals surface area contributed by atoms with Crippen LogP contribution in [0.3, 0.4) is 0 Å². The number of phenols is 1. The molecule has 188 valence electrons. The topological polar surface area (TPSA) is 137 Å². The molecule has 0 saturated heterocycles. The van der Waals surface area contributed by atoms with Crippen LogP contribution in [0, 0.1) is 5.41 Å². The number of anilines is 1. The van der Waals surface area contributed by atoms with Crippen molar-refractivity contribution >= 4 is 46.8 Å². The summed E-state index contributed by atoms with van der Waals surface area (Å²) in [5.41, 5.74) is 1.44. The first-order valence-electron chi connectivity index (χ1n) is 11.2. The van der Waals surface area contributed by atoms with Crippen LogP contribution in [0.15, 0.2) is 37.7 Å². The Labute approximate surface area is 207 Å². The zero-order valence-electron chi connectivity index (χ0n) is 21.3. The molecule has 35 heavy (non-hydrogen) atoms. The number of benzene rings is 1. The molecule has 0 bridgehead atoms. The van der Waals surface area contributed by atoms with Crippen molar-refractivity contribution in [2.45, 2.75) is 46.6 Å². The molecule has 0 unspecified atom stereocenters. The molecule has 3 rings (SSSR count). The van der Waals surface area contributed by atoms with Crippen LogP contribution >= 0.6 is 0 Å². The predicted octanol–water partition coefficient (Wildman–Crippen LogP) is 1.91. The highest BCUT2D eigenvalue weighted by molar-refractivity contribution is 7.89. The van der Waals surface area contributed by atoms with Crippen LogP contribution in [0.25, 0.3) is 0 Å². The second-order valence-electron chi connectivity index (χ2n) is 10.2. The van der Waals surface area contributed by atoms with E-state index in [1.54, 1.807) is 40.3 Å². The molecule has 0 fully saturated rings. The van der Waals surface area contributed by atoms with E-state index in [1.807, 2.05) is 26.8 Å². The van der Waals surface area contributed by atoms with E-state index in [4.69, 9.17) is 4.42 Å². The first kappa shape index (κ1) is 26.3. The third-order valence-corrected chi connectivity index (χ3v) is 6.46. The minimum atomic E-state index is -4.14. The van der Waals surface area contributed by atoms with E-state index >= 15 is 0 Å². The normalized spacial score (nSPS) is 16.0. The predicted molar refractivity (Wildman–Crippen MR) is 140 cm³/mol. The first-order chi connectivity index (χ1) is 16.1. The Balaban J connectivity index is 1.98. The molecule has 1 aromatic carbocycles. The summed E-state index contributed by atoms with van der Waals surface area (Å²) in [4.78, 5) is 13.9. The Bertz CT molecular complexity index is 1310. The lowest BCUT2D eigenvalue weighted by Gasteiger charge is -2.30. The smallest absolute Gasteiger partial charge is 0.367 e. The van der Waals surface area contributed by atoms with Crippen molar-refractivity contribution in [3.63, 3.8) is 0 Å². The Morgan fingerprint density at radius 1 is 1.17 bits per heavy atom. The molecule has 12 heteroatoms. The van der Waals surface area contributed by atoms with Crippen LogP contribution in [0.4, 0.5) is 5.69 Å². The molecule has 3 N–H and O–H groups in total. The Morgan fingerprint density at radius 2 is 1.80 bits per heavy atom. The van der Waals surface area contributed by atoms with Gasteiger partial charge in [0.05, 0.1) is 23.6 Å². The summed E-state index contributed by atoms with van der Waals surface area (Å²) in [5, 5.41) is 16.8. The molecule has 0 saturated carbocycles. The largest absolute Gasteiger partial charge is 0.505 e.